The number of benzene rings is 1. The molecule has 0 amide bonds. The van der Waals surface area contributed by atoms with Crippen LogP contribution in [-0.4, -0.2) is 41.5 Å². The van der Waals surface area contributed by atoms with Crippen molar-refractivity contribution in [3.05, 3.63) is 24.3 Å². The van der Waals surface area contributed by atoms with Crippen molar-refractivity contribution in [2.24, 2.45) is 0 Å². The first-order valence-electron chi connectivity index (χ1n) is 5.51. The molecule has 1 heterocycles. The lowest BCUT2D eigenvalue weighted by atomic mass is 10.3. The van der Waals surface area contributed by atoms with Crippen molar-refractivity contribution in [2.75, 3.05) is 26.0 Å². The normalized spacial score (nSPS) is 13.2. The standard InChI is InChI=1S/C12H18N4/c1-9(8-16(2)3)13-12-14-10-6-4-5-7-11(10)15-12/h4-7,9H,8H2,1-3H3,(H2,13,14,15). The molecule has 1 aromatic carbocycles. The molecule has 0 bridgehead atoms. The summed E-state index contributed by atoms with van der Waals surface area (Å²) >= 11 is 0. The van der Waals surface area contributed by atoms with Gasteiger partial charge < -0.3 is 15.2 Å². The van der Waals surface area contributed by atoms with Gasteiger partial charge >= 0.3 is 0 Å². The van der Waals surface area contributed by atoms with Crippen molar-refractivity contribution < 1.29 is 0 Å². The van der Waals surface area contributed by atoms with Crippen molar-refractivity contribution in [3.8, 4) is 0 Å². The van der Waals surface area contributed by atoms with E-state index in [-0.39, 0.29) is 0 Å². The van der Waals surface area contributed by atoms with E-state index >= 15 is 0 Å². The second-order valence-electron chi connectivity index (χ2n) is 4.41. The summed E-state index contributed by atoms with van der Waals surface area (Å²) in [5.41, 5.74) is 2.07. The van der Waals surface area contributed by atoms with Gasteiger partial charge in [0.15, 0.2) is 0 Å². The van der Waals surface area contributed by atoms with E-state index in [1.807, 2.05) is 24.3 Å². The third kappa shape index (κ3) is 2.52. The predicted octanol–water partition coefficient (Wildman–Crippen LogP) is 1.92. The first-order valence-corrected chi connectivity index (χ1v) is 5.51. The molecule has 0 aliphatic rings. The molecule has 16 heavy (non-hydrogen) atoms. The van der Waals surface area contributed by atoms with Crippen LogP contribution in [0.1, 0.15) is 6.92 Å². The van der Waals surface area contributed by atoms with Gasteiger partial charge in [-0.05, 0) is 33.2 Å². The minimum atomic E-state index is 0.371. The number of rotatable bonds is 4. The Hall–Kier alpha value is -1.55. The molecule has 4 heteroatoms. The second-order valence-corrected chi connectivity index (χ2v) is 4.41. The molecule has 0 aliphatic heterocycles. The van der Waals surface area contributed by atoms with Crippen molar-refractivity contribution in [1.29, 1.82) is 0 Å². The number of aromatic amines is 1. The topological polar surface area (TPSA) is 44.0 Å². The van der Waals surface area contributed by atoms with E-state index in [1.54, 1.807) is 0 Å². The third-order valence-corrected chi connectivity index (χ3v) is 2.41. The highest BCUT2D eigenvalue weighted by Gasteiger charge is 2.06. The molecule has 0 spiro atoms. The first-order chi connectivity index (χ1) is 7.65. The fraction of sp³-hybridized carbons (Fsp3) is 0.417. The van der Waals surface area contributed by atoms with Crippen LogP contribution in [0.2, 0.25) is 0 Å². The lowest BCUT2D eigenvalue weighted by Gasteiger charge is -2.17. The minimum absolute atomic E-state index is 0.371. The number of imidazole rings is 1. The number of hydrogen-bond donors (Lipinski definition) is 2. The monoisotopic (exact) mass is 218 g/mol. The molecular weight excluding hydrogens is 200 g/mol. The molecule has 1 aromatic heterocycles. The Morgan fingerprint density at radius 3 is 2.81 bits per heavy atom. The van der Waals surface area contributed by atoms with Crippen LogP contribution in [0.5, 0.6) is 0 Å². The largest absolute Gasteiger partial charge is 0.352 e. The van der Waals surface area contributed by atoms with Gasteiger partial charge in [0.25, 0.3) is 0 Å². The molecule has 0 radical (unpaired) electrons. The Balaban J connectivity index is 2.09. The molecule has 1 atom stereocenters. The SMILES string of the molecule is CC(CN(C)C)Nc1nc2ccccc2[nH]1. The van der Waals surface area contributed by atoms with E-state index < -0.39 is 0 Å². The molecule has 0 fully saturated rings. The smallest absolute Gasteiger partial charge is 0.201 e. The van der Waals surface area contributed by atoms with Crippen LogP contribution in [0.3, 0.4) is 0 Å². The molecule has 0 aliphatic carbocycles. The molecule has 2 N–H and O–H groups in total. The van der Waals surface area contributed by atoms with E-state index in [4.69, 9.17) is 0 Å². The van der Waals surface area contributed by atoms with Crippen molar-refractivity contribution in [3.63, 3.8) is 0 Å². The fourth-order valence-electron chi connectivity index (χ4n) is 1.85. The number of nitrogens with zero attached hydrogens (tertiary/aromatic N) is 2. The summed E-state index contributed by atoms with van der Waals surface area (Å²) in [4.78, 5) is 9.89. The van der Waals surface area contributed by atoms with Crippen molar-refractivity contribution in [2.45, 2.75) is 13.0 Å². The van der Waals surface area contributed by atoms with E-state index in [0.717, 1.165) is 23.5 Å². The number of nitrogens with one attached hydrogen (secondary N) is 2. The number of aromatic nitrogens is 2. The van der Waals surface area contributed by atoms with E-state index in [0.29, 0.717) is 6.04 Å². The highest BCUT2D eigenvalue weighted by molar-refractivity contribution is 5.77. The molecule has 86 valence electrons. The van der Waals surface area contributed by atoms with Crippen molar-refractivity contribution >= 4 is 17.0 Å². The zero-order valence-corrected chi connectivity index (χ0v) is 9.99. The van der Waals surface area contributed by atoms with Gasteiger partial charge in [-0.3, -0.25) is 0 Å². The van der Waals surface area contributed by atoms with Gasteiger partial charge in [0, 0.05) is 12.6 Å². The highest BCUT2D eigenvalue weighted by Crippen LogP contribution is 2.13. The minimum Gasteiger partial charge on any atom is -0.352 e. The highest BCUT2D eigenvalue weighted by atomic mass is 15.2. The van der Waals surface area contributed by atoms with Gasteiger partial charge in [-0.25, -0.2) is 4.98 Å². The lowest BCUT2D eigenvalue weighted by molar-refractivity contribution is 0.391. The fourth-order valence-corrected chi connectivity index (χ4v) is 1.85. The van der Waals surface area contributed by atoms with Crippen LogP contribution in [0.25, 0.3) is 11.0 Å². The molecular formula is C12H18N4. The number of anilines is 1. The third-order valence-electron chi connectivity index (χ3n) is 2.41. The summed E-state index contributed by atoms with van der Waals surface area (Å²) < 4.78 is 0. The Morgan fingerprint density at radius 2 is 2.12 bits per heavy atom. The van der Waals surface area contributed by atoms with E-state index in [2.05, 4.69) is 41.2 Å². The maximum absolute atomic E-state index is 4.47. The number of para-hydroxylation sites is 2. The first kappa shape index (κ1) is 11.0. The maximum atomic E-state index is 4.47. The number of likely N-dealkylation sites (N-methyl/N-ethyl adjacent to an activating group) is 1. The van der Waals surface area contributed by atoms with Gasteiger partial charge in [0.05, 0.1) is 11.0 Å². The molecule has 2 rings (SSSR count). The summed E-state index contributed by atoms with van der Waals surface area (Å²) in [6.07, 6.45) is 0. The van der Waals surface area contributed by atoms with Crippen LogP contribution in [-0.2, 0) is 0 Å². The Morgan fingerprint density at radius 1 is 1.38 bits per heavy atom. The Bertz CT molecular complexity index is 428. The van der Waals surface area contributed by atoms with Gasteiger partial charge in [0.1, 0.15) is 0 Å². The molecule has 2 aromatic rings. The van der Waals surface area contributed by atoms with Gasteiger partial charge in [0.2, 0.25) is 5.95 Å². The summed E-state index contributed by atoms with van der Waals surface area (Å²) in [7, 11) is 4.13. The molecule has 1 unspecified atom stereocenters. The van der Waals surface area contributed by atoms with Crippen LogP contribution in [0.15, 0.2) is 24.3 Å². The number of fused-ring (bicyclic) bond motifs is 1. The average Bonchev–Trinajstić information content (AvgIpc) is 2.57. The maximum Gasteiger partial charge on any atom is 0.201 e. The van der Waals surface area contributed by atoms with Gasteiger partial charge in [-0.2, -0.15) is 0 Å². The average molecular weight is 218 g/mol. The van der Waals surface area contributed by atoms with E-state index in [1.165, 1.54) is 0 Å². The predicted molar refractivity (Wildman–Crippen MR) is 67.7 cm³/mol. The molecule has 0 saturated carbocycles. The van der Waals surface area contributed by atoms with Crippen LogP contribution in [0, 0.1) is 0 Å². The Kier molecular flexibility index (Phi) is 3.10. The summed E-state index contributed by atoms with van der Waals surface area (Å²) in [5, 5.41) is 3.35. The van der Waals surface area contributed by atoms with Crippen LogP contribution < -0.4 is 5.32 Å². The number of hydrogen-bond acceptors (Lipinski definition) is 3. The van der Waals surface area contributed by atoms with Crippen LogP contribution in [0.4, 0.5) is 5.95 Å². The molecule has 0 saturated heterocycles. The van der Waals surface area contributed by atoms with Gasteiger partial charge in [-0.15, -0.1) is 0 Å². The quantitative estimate of drug-likeness (QED) is 0.824. The molecule has 4 nitrogen and oxygen atoms in total. The number of H-pyrrole nitrogens is 1. The van der Waals surface area contributed by atoms with Gasteiger partial charge in [-0.1, -0.05) is 12.1 Å². The van der Waals surface area contributed by atoms with Crippen molar-refractivity contribution in [1.82, 2.24) is 14.9 Å². The van der Waals surface area contributed by atoms with Crippen LogP contribution >= 0.6 is 0 Å². The lowest BCUT2D eigenvalue weighted by Crippen LogP contribution is -2.29. The van der Waals surface area contributed by atoms with E-state index in [9.17, 15) is 0 Å². The summed E-state index contributed by atoms with van der Waals surface area (Å²) in [5.74, 6) is 0.843. The Labute approximate surface area is 95.7 Å². The summed E-state index contributed by atoms with van der Waals surface area (Å²) in [6.45, 7) is 3.13. The second kappa shape index (κ2) is 4.53. The zero-order chi connectivity index (χ0) is 11.5. The zero-order valence-electron chi connectivity index (χ0n) is 9.99. The summed E-state index contributed by atoms with van der Waals surface area (Å²) in [6, 6.07) is 8.41.